The zero-order valence-electron chi connectivity index (χ0n) is 12.8. The van der Waals surface area contributed by atoms with Crippen LogP contribution in [0.5, 0.6) is 11.5 Å². The monoisotopic (exact) mass is 341 g/mol. The Morgan fingerprint density at radius 2 is 2.20 bits per heavy atom. The van der Waals surface area contributed by atoms with E-state index in [1.165, 1.54) is 5.56 Å². The maximum absolute atomic E-state index is 6.02. The second-order valence-electron chi connectivity index (χ2n) is 5.56. The molecule has 20 heavy (non-hydrogen) atoms. The quantitative estimate of drug-likeness (QED) is 0.811. The molecule has 1 aliphatic heterocycles. The van der Waals surface area contributed by atoms with Gasteiger partial charge in [-0.25, -0.2) is 0 Å². The molecule has 0 amide bonds. The predicted molar refractivity (Wildman–Crippen MR) is 85.8 cm³/mol. The molecule has 0 saturated heterocycles. The van der Waals surface area contributed by atoms with E-state index in [1.807, 2.05) is 12.1 Å². The van der Waals surface area contributed by atoms with E-state index in [2.05, 4.69) is 41.6 Å². The summed E-state index contributed by atoms with van der Waals surface area (Å²) in [5.41, 5.74) is 1.18. The van der Waals surface area contributed by atoms with Crippen LogP contribution in [0.15, 0.2) is 16.6 Å². The van der Waals surface area contributed by atoms with Crippen molar-refractivity contribution in [1.82, 2.24) is 4.90 Å². The molecule has 3 nitrogen and oxygen atoms in total. The average Bonchev–Trinajstić information content (AvgIpc) is 2.44. The highest BCUT2D eigenvalue weighted by atomic mass is 79.9. The fraction of sp³-hybridized carbons (Fsp3) is 0.625. The first-order valence-corrected chi connectivity index (χ1v) is 8.11. The third kappa shape index (κ3) is 3.12. The summed E-state index contributed by atoms with van der Waals surface area (Å²) in [7, 11) is 1.72. The van der Waals surface area contributed by atoms with Crippen molar-refractivity contribution in [3.8, 4) is 11.5 Å². The molecule has 1 aromatic rings. The Morgan fingerprint density at radius 1 is 1.45 bits per heavy atom. The summed E-state index contributed by atoms with van der Waals surface area (Å²) in [6.07, 6.45) is 2.15. The average molecular weight is 342 g/mol. The molecule has 1 heterocycles. The van der Waals surface area contributed by atoms with Crippen LogP contribution in [0.4, 0.5) is 0 Å². The van der Waals surface area contributed by atoms with E-state index in [1.54, 1.807) is 7.11 Å². The van der Waals surface area contributed by atoms with Crippen LogP contribution in [-0.2, 0) is 6.42 Å². The summed E-state index contributed by atoms with van der Waals surface area (Å²) in [4.78, 5) is 2.53. The van der Waals surface area contributed by atoms with Crippen LogP contribution < -0.4 is 9.47 Å². The molecule has 2 rings (SSSR count). The number of hydrogen-bond donors (Lipinski definition) is 0. The SMILES string of the molecule is CCCN(C(C)C)C1COc2c(Br)ccc(OC)c2C1. The highest BCUT2D eigenvalue weighted by molar-refractivity contribution is 9.10. The number of methoxy groups -OCH3 is 1. The molecule has 4 heteroatoms. The van der Waals surface area contributed by atoms with E-state index in [9.17, 15) is 0 Å². The zero-order valence-corrected chi connectivity index (χ0v) is 14.4. The minimum Gasteiger partial charge on any atom is -0.496 e. The minimum absolute atomic E-state index is 0.422. The number of ether oxygens (including phenoxy) is 2. The van der Waals surface area contributed by atoms with E-state index >= 15 is 0 Å². The molecule has 1 aliphatic rings. The molecule has 1 unspecified atom stereocenters. The third-order valence-corrected chi connectivity index (χ3v) is 4.49. The summed E-state index contributed by atoms with van der Waals surface area (Å²) >= 11 is 3.57. The molecule has 0 N–H and O–H groups in total. The van der Waals surface area contributed by atoms with Crippen LogP contribution in [0, 0.1) is 0 Å². The molecular formula is C16H24BrNO2. The first kappa shape index (κ1) is 15.6. The van der Waals surface area contributed by atoms with Gasteiger partial charge in [-0.2, -0.15) is 0 Å². The van der Waals surface area contributed by atoms with E-state index in [-0.39, 0.29) is 0 Å². The second kappa shape index (κ2) is 6.81. The van der Waals surface area contributed by atoms with Crippen LogP contribution in [-0.4, -0.2) is 37.2 Å². The van der Waals surface area contributed by atoms with E-state index in [0.29, 0.717) is 12.1 Å². The third-order valence-electron chi connectivity index (χ3n) is 3.86. The maximum atomic E-state index is 6.02. The van der Waals surface area contributed by atoms with Crippen LogP contribution in [0.25, 0.3) is 0 Å². The first-order valence-electron chi connectivity index (χ1n) is 7.32. The Bertz CT molecular complexity index is 462. The van der Waals surface area contributed by atoms with Gasteiger partial charge in [-0.1, -0.05) is 6.92 Å². The van der Waals surface area contributed by atoms with Crippen molar-refractivity contribution in [2.75, 3.05) is 20.3 Å². The second-order valence-corrected chi connectivity index (χ2v) is 6.41. The van der Waals surface area contributed by atoms with Gasteiger partial charge in [0.25, 0.3) is 0 Å². The van der Waals surface area contributed by atoms with E-state index in [0.717, 1.165) is 42.0 Å². The summed E-state index contributed by atoms with van der Waals surface area (Å²) in [6, 6.07) is 4.95. The van der Waals surface area contributed by atoms with Gasteiger partial charge in [0.05, 0.1) is 11.6 Å². The Morgan fingerprint density at radius 3 is 2.80 bits per heavy atom. The lowest BCUT2D eigenvalue weighted by Crippen LogP contribution is -2.47. The number of halogens is 1. The highest BCUT2D eigenvalue weighted by Crippen LogP contribution is 2.39. The van der Waals surface area contributed by atoms with E-state index in [4.69, 9.17) is 9.47 Å². The van der Waals surface area contributed by atoms with Crippen molar-refractivity contribution in [1.29, 1.82) is 0 Å². The van der Waals surface area contributed by atoms with Gasteiger partial charge in [-0.3, -0.25) is 4.90 Å². The topological polar surface area (TPSA) is 21.7 Å². The van der Waals surface area contributed by atoms with Gasteiger partial charge in [0, 0.05) is 17.6 Å². The summed E-state index contributed by atoms with van der Waals surface area (Å²) in [5.74, 6) is 1.87. The molecule has 0 saturated carbocycles. The predicted octanol–water partition coefficient (Wildman–Crippen LogP) is 3.88. The van der Waals surface area contributed by atoms with Gasteiger partial charge in [0.1, 0.15) is 18.1 Å². The van der Waals surface area contributed by atoms with Gasteiger partial charge < -0.3 is 9.47 Å². The number of nitrogens with zero attached hydrogens (tertiary/aromatic N) is 1. The molecule has 0 aromatic heterocycles. The van der Waals surface area contributed by atoms with Crippen molar-refractivity contribution in [3.63, 3.8) is 0 Å². The van der Waals surface area contributed by atoms with Crippen LogP contribution in [0.1, 0.15) is 32.8 Å². The molecule has 0 radical (unpaired) electrons. The molecule has 0 spiro atoms. The molecule has 0 fully saturated rings. The minimum atomic E-state index is 0.422. The fourth-order valence-electron chi connectivity index (χ4n) is 2.93. The van der Waals surface area contributed by atoms with Crippen LogP contribution >= 0.6 is 15.9 Å². The Hall–Kier alpha value is -0.740. The molecule has 112 valence electrons. The summed E-state index contributed by atoms with van der Waals surface area (Å²) in [5, 5.41) is 0. The summed E-state index contributed by atoms with van der Waals surface area (Å²) < 4.78 is 12.5. The normalized spacial score (nSPS) is 18.1. The largest absolute Gasteiger partial charge is 0.496 e. The van der Waals surface area contributed by atoms with Crippen molar-refractivity contribution in [2.24, 2.45) is 0 Å². The molecule has 1 atom stereocenters. The van der Waals surface area contributed by atoms with Gasteiger partial charge >= 0.3 is 0 Å². The smallest absolute Gasteiger partial charge is 0.140 e. The molecule has 0 aliphatic carbocycles. The number of benzene rings is 1. The van der Waals surface area contributed by atoms with Crippen LogP contribution in [0.3, 0.4) is 0 Å². The van der Waals surface area contributed by atoms with Gasteiger partial charge in [-0.05, 0) is 61.3 Å². The van der Waals surface area contributed by atoms with E-state index < -0.39 is 0 Å². The van der Waals surface area contributed by atoms with Crippen molar-refractivity contribution >= 4 is 15.9 Å². The highest BCUT2D eigenvalue weighted by Gasteiger charge is 2.29. The van der Waals surface area contributed by atoms with Gasteiger partial charge in [0.2, 0.25) is 0 Å². The fourth-order valence-corrected chi connectivity index (χ4v) is 3.42. The van der Waals surface area contributed by atoms with Crippen molar-refractivity contribution < 1.29 is 9.47 Å². The first-order chi connectivity index (χ1) is 9.58. The lowest BCUT2D eigenvalue weighted by molar-refractivity contribution is 0.0911. The summed E-state index contributed by atoms with van der Waals surface area (Å²) in [6.45, 7) is 8.59. The zero-order chi connectivity index (χ0) is 14.7. The Labute approximate surface area is 130 Å². The number of rotatable bonds is 5. The number of fused-ring (bicyclic) bond motifs is 1. The van der Waals surface area contributed by atoms with Gasteiger partial charge in [-0.15, -0.1) is 0 Å². The Kier molecular flexibility index (Phi) is 5.33. The Balaban J connectivity index is 2.27. The van der Waals surface area contributed by atoms with Crippen molar-refractivity contribution in [2.45, 2.75) is 45.7 Å². The lowest BCUT2D eigenvalue weighted by Gasteiger charge is -2.38. The number of hydrogen-bond acceptors (Lipinski definition) is 3. The lowest BCUT2D eigenvalue weighted by atomic mass is 9.99. The van der Waals surface area contributed by atoms with Crippen LogP contribution in [0.2, 0.25) is 0 Å². The molecule has 1 aromatic carbocycles. The molecule has 0 bridgehead atoms. The molecular weight excluding hydrogens is 318 g/mol. The van der Waals surface area contributed by atoms with Crippen molar-refractivity contribution in [3.05, 3.63) is 22.2 Å². The van der Waals surface area contributed by atoms with Gasteiger partial charge in [0.15, 0.2) is 0 Å². The maximum Gasteiger partial charge on any atom is 0.140 e. The standard InChI is InChI=1S/C16H24BrNO2/c1-5-8-18(11(2)3)12-9-13-15(19-4)7-6-14(17)16(13)20-10-12/h6-7,11-12H,5,8-10H2,1-4H3.